The SMILES string of the molecule is CCN(Cc1ccccc1)C(=O)C1CC(=O)N(c2cccc(C(=O)OC)c2)C1. The van der Waals surface area contributed by atoms with E-state index in [9.17, 15) is 14.4 Å². The fourth-order valence-electron chi connectivity index (χ4n) is 3.45. The van der Waals surface area contributed by atoms with E-state index in [4.69, 9.17) is 4.74 Å². The molecule has 1 atom stereocenters. The third-order valence-electron chi connectivity index (χ3n) is 4.96. The van der Waals surface area contributed by atoms with Gasteiger partial charge in [-0.25, -0.2) is 4.79 Å². The average Bonchev–Trinajstić information content (AvgIpc) is 3.13. The lowest BCUT2D eigenvalue weighted by Gasteiger charge is -2.24. The molecule has 6 heteroatoms. The van der Waals surface area contributed by atoms with Gasteiger partial charge in [0.05, 0.1) is 18.6 Å². The Hall–Kier alpha value is -3.15. The van der Waals surface area contributed by atoms with Gasteiger partial charge in [0.1, 0.15) is 0 Å². The molecular weight excluding hydrogens is 356 g/mol. The molecule has 0 saturated carbocycles. The number of nitrogens with zero attached hydrogens (tertiary/aromatic N) is 2. The van der Waals surface area contributed by atoms with Gasteiger partial charge in [-0.3, -0.25) is 9.59 Å². The van der Waals surface area contributed by atoms with Crippen LogP contribution in [0, 0.1) is 5.92 Å². The second-order valence-corrected chi connectivity index (χ2v) is 6.79. The van der Waals surface area contributed by atoms with Crippen LogP contribution in [-0.4, -0.2) is 42.9 Å². The van der Waals surface area contributed by atoms with Gasteiger partial charge < -0.3 is 14.5 Å². The van der Waals surface area contributed by atoms with Gasteiger partial charge in [0.15, 0.2) is 0 Å². The molecule has 2 aromatic carbocycles. The van der Waals surface area contributed by atoms with Gasteiger partial charge in [-0.2, -0.15) is 0 Å². The lowest BCUT2D eigenvalue weighted by Crippen LogP contribution is -2.37. The van der Waals surface area contributed by atoms with E-state index in [1.807, 2.05) is 37.3 Å². The Morgan fingerprint density at radius 3 is 2.57 bits per heavy atom. The molecule has 1 heterocycles. The summed E-state index contributed by atoms with van der Waals surface area (Å²) in [5.41, 5.74) is 2.04. The van der Waals surface area contributed by atoms with E-state index in [2.05, 4.69) is 0 Å². The summed E-state index contributed by atoms with van der Waals surface area (Å²) in [6, 6.07) is 16.5. The average molecular weight is 380 g/mol. The van der Waals surface area contributed by atoms with Crippen LogP contribution in [0.25, 0.3) is 0 Å². The van der Waals surface area contributed by atoms with Crippen LogP contribution in [0.2, 0.25) is 0 Å². The molecule has 1 unspecified atom stereocenters. The number of amides is 2. The predicted octanol–water partition coefficient (Wildman–Crippen LogP) is 2.87. The van der Waals surface area contributed by atoms with Gasteiger partial charge in [0.2, 0.25) is 11.8 Å². The molecule has 1 aliphatic heterocycles. The first-order valence-corrected chi connectivity index (χ1v) is 9.35. The lowest BCUT2D eigenvalue weighted by atomic mass is 10.1. The zero-order chi connectivity index (χ0) is 20.1. The molecule has 3 rings (SSSR count). The molecule has 0 bridgehead atoms. The van der Waals surface area contributed by atoms with Gasteiger partial charge in [-0.1, -0.05) is 36.4 Å². The first-order valence-electron chi connectivity index (χ1n) is 9.35. The van der Waals surface area contributed by atoms with E-state index in [0.29, 0.717) is 30.9 Å². The number of anilines is 1. The molecule has 0 spiro atoms. The summed E-state index contributed by atoms with van der Waals surface area (Å²) >= 11 is 0. The molecule has 1 aliphatic rings. The fraction of sp³-hybridized carbons (Fsp3) is 0.318. The number of methoxy groups -OCH3 is 1. The van der Waals surface area contributed by atoms with Crippen molar-refractivity contribution in [1.29, 1.82) is 0 Å². The third-order valence-corrected chi connectivity index (χ3v) is 4.96. The molecule has 146 valence electrons. The second kappa shape index (κ2) is 8.69. The first kappa shape index (κ1) is 19.6. The smallest absolute Gasteiger partial charge is 0.337 e. The van der Waals surface area contributed by atoms with Crippen LogP contribution in [0.5, 0.6) is 0 Å². The number of hydrogen-bond donors (Lipinski definition) is 0. The van der Waals surface area contributed by atoms with Gasteiger partial charge in [-0.15, -0.1) is 0 Å². The molecule has 0 radical (unpaired) electrons. The first-order chi connectivity index (χ1) is 13.5. The normalized spacial score (nSPS) is 16.1. The maximum absolute atomic E-state index is 13.0. The number of carbonyl (C=O) groups is 3. The Bertz CT molecular complexity index is 866. The van der Waals surface area contributed by atoms with Crippen molar-refractivity contribution in [3.05, 3.63) is 65.7 Å². The van der Waals surface area contributed by atoms with E-state index < -0.39 is 11.9 Å². The van der Waals surface area contributed by atoms with Crippen molar-refractivity contribution in [3.8, 4) is 0 Å². The van der Waals surface area contributed by atoms with Crippen molar-refractivity contribution in [3.63, 3.8) is 0 Å². The Labute approximate surface area is 164 Å². The summed E-state index contributed by atoms with van der Waals surface area (Å²) in [6.45, 7) is 3.36. The van der Waals surface area contributed by atoms with Crippen LogP contribution in [0.15, 0.2) is 54.6 Å². The van der Waals surface area contributed by atoms with Crippen molar-refractivity contribution in [2.24, 2.45) is 5.92 Å². The Kier molecular flexibility index (Phi) is 6.09. The molecule has 1 fully saturated rings. The highest BCUT2D eigenvalue weighted by atomic mass is 16.5. The van der Waals surface area contributed by atoms with Crippen LogP contribution >= 0.6 is 0 Å². The summed E-state index contributed by atoms with van der Waals surface area (Å²) < 4.78 is 4.74. The molecule has 0 aromatic heterocycles. The molecule has 2 aromatic rings. The summed E-state index contributed by atoms with van der Waals surface area (Å²) in [5.74, 6) is -0.985. The topological polar surface area (TPSA) is 66.9 Å². The quantitative estimate of drug-likeness (QED) is 0.723. The van der Waals surface area contributed by atoms with Crippen LogP contribution in [-0.2, 0) is 20.9 Å². The standard InChI is InChI=1S/C22H24N2O4/c1-3-23(14-16-8-5-4-6-9-16)21(26)18-13-20(25)24(15-18)19-11-7-10-17(12-19)22(27)28-2/h4-12,18H,3,13-15H2,1-2H3. The zero-order valence-corrected chi connectivity index (χ0v) is 16.1. The number of benzene rings is 2. The highest BCUT2D eigenvalue weighted by molar-refractivity contribution is 6.01. The van der Waals surface area contributed by atoms with Crippen LogP contribution < -0.4 is 4.90 Å². The third kappa shape index (κ3) is 4.22. The van der Waals surface area contributed by atoms with Gasteiger partial charge in [-0.05, 0) is 30.7 Å². The zero-order valence-electron chi connectivity index (χ0n) is 16.1. The van der Waals surface area contributed by atoms with Gasteiger partial charge in [0, 0.05) is 31.7 Å². The minimum Gasteiger partial charge on any atom is -0.465 e. The minimum absolute atomic E-state index is 0.0219. The fourth-order valence-corrected chi connectivity index (χ4v) is 3.45. The molecule has 0 N–H and O–H groups in total. The highest BCUT2D eigenvalue weighted by Gasteiger charge is 2.37. The molecule has 28 heavy (non-hydrogen) atoms. The summed E-state index contributed by atoms with van der Waals surface area (Å²) in [5, 5.41) is 0. The monoisotopic (exact) mass is 380 g/mol. The number of rotatable bonds is 6. The Morgan fingerprint density at radius 2 is 1.89 bits per heavy atom. The van der Waals surface area contributed by atoms with Gasteiger partial charge in [0.25, 0.3) is 0 Å². The van der Waals surface area contributed by atoms with E-state index in [1.165, 1.54) is 7.11 Å². The Balaban J connectivity index is 1.72. The van der Waals surface area contributed by atoms with Crippen molar-refractivity contribution in [1.82, 2.24) is 4.90 Å². The van der Waals surface area contributed by atoms with E-state index in [-0.39, 0.29) is 18.2 Å². The minimum atomic E-state index is -0.457. The van der Waals surface area contributed by atoms with Crippen molar-refractivity contribution in [2.45, 2.75) is 19.9 Å². The van der Waals surface area contributed by atoms with Crippen LogP contribution in [0.3, 0.4) is 0 Å². The molecular formula is C22H24N2O4. The molecule has 6 nitrogen and oxygen atoms in total. The summed E-state index contributed by atoms with van der Waals surface area (Å²) in [6.07, 6.45) is 0.173. The lowest BCUT2D eigenvalue weighted by molar-refractivity contribution is -0.136. The van der Waals surface area contributed by atoms with Crippen molar-refractivity contribution < 1.29 is 19.1 Å². The van der Waals surface area contributed by atoms with Crippen molar-refractivity contribution >= 4 is 23.5 Å². The van der Waals surface area contributed by atoms with E-state index in [0.717, 1.165) is 5.56 Å². The van der Waals surface area contributed by atoms with Gasteiger partial charge >= 0.3 is 5.97 Å². The van der Waals surface area contributed by atoms with E-state index >= 15 is 0 Å². The number of esters is 1. The summed E-state index contributed by atoms with van der Waals surface area (Å²) in [7, 11) is 1.32. The highest BCUT2D eigenvalue weighted by Crippen LogP contribution is 2.27. The second-order valence-electron chi connectivity index (χ2n) is 6.79. The van der Waals surface area contributed by atoms with Crippen LogP contribution in [0.4, 0.5) is 5.69 Å². The van der Waals surface area contributed by atoms with E-state index in [1.54, 1.807) is 34.1 Å². The maximum Gasteiger partial charge on any atom is 0.337 e. The largest absolute Gasteiger partial charge is 0.465 e. The molecule has 2 amide bonds. The van der Waals surface area contributed by atoms with Crippen molar-refractivity contribution in [2.75, 3.05) is 25.1 Å². The molecule has 1 saturated heterocycles. The summed E-state index contributed by atoms with van der Waals surface area (Å²) in [4.78, 5) is 40.7. The Morgan fingerprint density at radius 1 is 1.14 bits per heavy atom. The maximum atomic E-state index is 13.0. The number of hydrogen-bond acceptors (Lipinski definition) is 4. The predicted molar refractivity (Wildman–Crippen MR) is 106 cm³/mol. The number of carbonyl (C=O) groups excluding carboxylic acids is 3. The van der Waals surface area contributed by atoms with Crippen LogP contribution in [0.1, 0.15) is 29.3 Å². The molecule has 0 aliphatic carbocycles. The number of ether oxygens (including phenoxy) is 1.